The minimum absolute atomic E-state index is 0. The second-order valence-corrected chi connectivity index (χ2v) is 5.91. The van der Waals surface area contributed by atoms with Crippen LogP contribution in [-0.4, -0.2) is 35.3 Å². The van der Waals surface area contributed by atoms with Crippen LogP contribution in [0.25, 0.3) is 5.69 Å². The van der Waals surface area contributed by atoms with E-state index in [0.29, 0.717) is 17.1 Å². The predicted molar refractivity (Wildman–Crippen MR) is 98.5 cm³/mol. The second kappa shape index (κ2) is 8.33. The lowest BCUT2D eigenvalue weighted by Gasteiger charge is -2.14. The van der Waals surface area contributed by atoms with E-state index in [-0.39, 0.29) is 18.3 Å². The zero-order chi connectivity index (χ0) is 16.2. The molecule has 0 fully saturated rings. The van der Waals surface area contributed by atoms with E-state index >= 15 is 0 Å². The summed E-state index contributed by atoms with van der Waals surface area (Å²) in [7, 11) is 0. The van der Waals surface area contributed by atoms with Crippen LogP contribution in [0.3, 0.4) is 0 Å². The molecule has 0 spiro atoms. The van der Waals surface area contributed by atoms with Gasteiger partial charge in [0.15, 0.2) is 0 Å². The summed E-state index contributed by atoms with van der Waals surface area (Å²) >= 11 is 6.21. The quantitative estimate of drug-likeness (QED) is 0.817. The van der Waals surface area contributed by atoms with E-state index in [2.05, 4.69) is 21.8 Å². The van der Waals surface area contributed by atoms with Crippen LogP contribution in [0.2, 0.25) is 5.02 Å². The molecule has 2 N–H and O–H groups in total. The molecular formula is C17H20Cl2N4O. The van der Waals surface area contributed by atoms with Gasteiger partial charge in [0.2, 0.25) is 0 Å². The van der Waals surface area contributed by atoms with Gasteiger partial charge in [0.05, 0.1) is 28.2 Å². The summed E-state index contributed by atoms with van der Waals surface area (Å²) in [5.41, 5.74) is 3.37. The Hall–Kier alpha value is -1.82. The lowest BCUT2D eigenvalue weighted by molar-refractivity contribution is 0.0956. The van der Waals surface area contributed by atoms with Crippen molar-refractivity contribution in [1.29, 1.82) is 0 Å². The number of hydrogen-bond donors (Lipinski definition) is 2. The van der Waals surface area contributed by atoms with E-state index in [1.165, 1.54) is 5.57 Å². The maximum absolute atomic E-state index is 12.4. The maximum Gasteiger partial charge on any atom is 0.255 e. The molecule has 1 aliphatic heterocycles. The fourth-order valence-electron chi connectivity index (χ4n) is 2.62. The van der Waals surface area contributed by atoms with Gasteiger partial charge in [-0.25, -0.2) is 4.68 Å². The Bertz CT molecular complexity index is 755. The summed E-state index contributed by atoms with van der Waals surface area (Å²) in [6, 6.07) is 7.45. The molecule has 0 atom stereocenters. The van der Waals surface area contributed by atoms with Crippen molar-refractivity contribution in [2.75, 3.05) is 19.6 Å². The number of halogens is 2. The Labute approximate surface area is 152 Å². The molecular weight excluding hydrogens is 347 g/mol. The standard InChI is InChI=1S/C17H19ClN4O.ClH/c1-12-14(17(23)20-10-13-6-8-19-9-7-13)11-21-22(12)16-5-3-2-4-15(16)18;/h2-6,11,19H,7-10H2,1H3,(H,20,23);1H. The van der Waals surface area contributed by atoms with Crippen molar-refractivity contribution in [3.8, 4) is 5.69 Å². The molecule has 1 aromatic heterocycles. The summed E-state index contributed by atoms with van der Waals surface area (Å²) in [5.74, 6) is -0.111. The van der Waals surface area contributed by atoms with E-state index in [4.69, 9.17) is 11.6 Å². The fraction of sp³-hybridized carbons (Fsp3) is 0.294. The average Bonchev–Trinajstić information content (AvgIpc) is 2.95. The van der Waals surface area contributed by atoms with Crippen LogP contribution in [0.15, 0.2) is 42.1 Å². The number of aromatic nitrogens is 2. The number of carbonyl (C=O) groups is 1. The number of benzene rings is 1. The highest BCUT2D eigenvalue weighted by atomic mass is 35.5. The summed E-state index contributed by atoms with van der Waals surface area (Å²) in [5, 5.41) is 11.1. The first-order valence-corrected chi connectivity index (χ1v) is 8.01. The highest BCUT2D eigenvalue weighted by Crippen LogP contribution is 2.22. The van der Waals surface area contributed by atoms with Crippen LogP contribution in [-0.2, 0) is 0 Å². The van der Waals surface area contributed by atoms with Gasteiger partial charge < -0.3 is 10.6 Å². The molecule has 24 heavy (non-hydrogen) atoms. The Morgan fingerprint density at radius 3 is 2.92 bits per heavy atom. The number of nitrogens with zero attached hydrogens (tertiary/aromatic N) is 2. The van der Waals surface area contributed by atoms with Gasteiger partial charge in [0.25, 0.3) is 5.91 Å². The molecule has 0 radical (unpaired) electrons. The van der Waals surface area contributed by atoms with Crippen LogP contribution in [0.5, 0.6) is 0 Å². The third kappa shape index (κ3) is 3.98. The van der Waals surface area contributed by atoms with Crippen molar-refractivity contribution in [2.45, 2.75) is 13.3 Å². The number of nitrogens with one attached hydrogen (secondary N) is 2. The third-order valence-corrected chi connectivity index (χ3v) is 4.29. The van der Waals surface area contributed by atoms with Crippen molar-refractivity contribution in [3.63, 3.8) is 0 Å². The number of para-hydroxylation sites is 1. The lowest BCUT2D eigenvalue weighted by Crippen LogP contribution is -2.29. The van der Waals surface area contributed by atoms with E-state index < -0.39 is 0 Å². The molecule has 3 rings (SSSR count). The van der Waals surface area contributed by atoms with Gasteiger partial charge in [-0.05, 0) is 32.0 Å². The minimum atomic E-state index is -0.111. The van der Waals surface area contributed by atoms with Gasteiger partial charge in [-0.2, -0.15) is 5.10 Å². The highest BCUT2D eigenvalue weighted by Gasteiger charge is 2.16. The summed E-state index contributed by atoms with van der Waals surface area (Å²) in [6.45, 7) is 4.28. The SMILES string of the molecule is Cc1c(C(=O)NCC2=CCNCC2)cnn1-c1ccccc1Cl.Cl. The first-order chi connectivity index (χ1) is 11.2. The molecule has 1 aliphatic rings. The monoisotopic (exact) mass is 366 g/mol. The number of amides is 1. The first kappa shape index (κ1) is 18.5. The normalized spacial score (nSPS) is 13.8. The Morgan fingerprint density at radius 1 is 1.42 bits per heavy atom. The van der Waals surface area contributed by atoms with Gasteiger partial charge in [-0.1, -0.05) is 35.4 Å². The van der Waals surface area contributed by atoms with Crippen molar-refractivity contribution in [1.82, 2.24) is 20.4 Å². The van der Waals surface area contributed by atoms with Crippen LogP contribution < -0.4 is 10.6 Å². The maximum atomic E-state index is 12.4. The lowest BCUT2D eigenvalue weighted by atomic mass is 10.1. The molecule has 0 unspecified atom stereocenters. The molecule has 2 heterocycles. The summed E-state index contributed by atoms with van der Waals surface area (Å²) in [6.07, 6.45) is 4.69. The molecule has 5 nitrogen and oxygen atoms in total. The van der Waals surface area contributed by atoms with E-state index in [9.17, 15) is 4.79 Å². The fourth-order valence-corrected chi connectivity index (χ4v) is 2.83. The smallest absolute Gasteiger partial charge is 0.255 e. The largest absolute Gasteiger partial charge is 0.348 e. The molecule has 0 aliphatic carbocycles. The van der Waals surface area contributed by atoms with Gasteiger partial charge in [0, 0.05) is 13.1 Å². The molecule has 128 valence electrons. The highest BCUT2D eigenvalue weighted by molar-refractivity contribution is 6.32. The van der Waals surface area contributed by atoms with E-state index in [1.54, 1.807) is 16.9 Å². The van der Waals surface area contributed by atoms with Gasteiger partial charge in [0.1, 0.15) is 0 Å². The topological polar surface area (TPSA) is 59.0 Å². The number of hydrogen-bond acceptors (Lipinski definition) is 3. The average molecular weight is 367 g/mol. The molecule has 0 saturated heterocycles. The second-order valence-electron chi connectivity index (χ2n) is 5.51. The van der Waals surface area contributed by atoms with Crippen LogP contribution in [0.1, 0.15) is 22.5 Å². The van der Waals surface area contributed by atoms with Crippen molar-refractivity contribution in [2.24, 2.45) is 0 Å². The van der Waals surface area contributed by atoms with Gasteiger partial charge in [-0.3, -0.25) is 4.79 Å². The zero-order valence-corrected chi connectivity index (χ0v) is 15.0. The number of rotatable bonds is 4. The molecule has 0 bridgehead atoms. The van der Waals surface area contributed by atoms with Gasteiger partial charge in [-0.15, -0.1) is 12.4 Å². The molecule has 1 aromatic carbocycles. The zero-order valence-electron chi connectivity index (χ0n) is 13.4. The first-order valence-electron chi connectivity index (χ1n) is 7.63. The van der Waals surface area contributed by atoms with Crippen molar-refractivity contribution in [3.05, 3.63) is 58.4 Å². The van der Waals surface area contributed by atoms with Crippen molar-refractivity contribution >= 4 is 29.9 Å². The summed E-state index contributed by atoms with van der Waals surface area (Å²) < 4.78 is 1.70. The van der Waals surface area contributed by atoms with Crippen LogP contribution >= 0.6 is 24.0 Å². The molecule has 2 aromatic rings. The molecule has 0 saturated carbocycles. The molecule has 1 amide bonds. The number of carbonyl (C=O) groups excluding carboxylic acids is 1. The predicted octanol–water partition coefficient (Wildman–Crippen LogP) is 2.91. The Morgan fingerprint density at radius 2 is 2.21 bits per heavy atom. The van der Waals surface area contributed by atoms with Crippen LogP contribution in [0, 0.1) is 6.92 Å². The van der Waals surface area contributed by atoms with E-state index in [0.717, 1.165) is 30.9 Å². The van der Waals surface area contributed by atoms with Crippen molar-refractivity contribution < 1.29 is 4.79 Å². The van der Waals surface area contributed by atoms with Gasteiger partial charge >= 0.3 is 0 Å². The van der Waals surface area contributed by atoms with E-state index in [1.807, 2.05) is 25.1 Å². The Balaban J connectivity index is 0.00000208. The third-order valence-electron chi connectivity index (χ3n) is 3.97. The van der Waals surface area contributed by atoms with Crippen LogP contribution in [0.4, 0.5) is 0 Å². The summed E-state index contributed by atoms with van der Waals surface area (Å²) in [4.78, 5) is 12.4. The Kier molecular flexibility index (Phi) is 6.43. The minimum Gasteiger partial charge on any atom is -0.348 e. The molecule has 7 heteroatoms.